The van der Waals surface area contributed by atoms with Gasteiger partial charge < -0.3 is 16.0 Å². The first-order valence-electron chi connectivity index (χ1n) is 6.51. The smallest absolute Gasteiger partial charge is 0.243 e. The van der Waals surface area contributed by atoms with Crippen molar-refractivity contribution in [3.05, 3.63) is 0 Å². The number of nitrogens with one attached hydrogen (secondary N) is 1. The number of amides is 3. The first-order valence-corrected chi connectivity index (χ1v) is 6.51. The van der Waals surface area contributed by atoms with E-state index < -0.39 is 23.4 Å². The van der Waals surface area contributed by atoms with E-state index in [-0.39, 0.29) is 11.8 Å². The average Bonchev–Trinajstić information content (AvgIpc) is 2.48. The van der Waals surface area contributed by atoms with Crippen LogP contribution in [0.4, 0.5) is 0 Å². The van der Waals surface area contributed by atoms with Gasteiger partial charge >= 0.3 is 0 Å². The van der Waals surface area contributed by atoms with E-state index >= 15 is 0 Å². The fraction of sp³-hybridized carbons (Fsp3) is 0.769. The maximum Gasteiger partial charge on any atom is 0.243 e. The van der Waals surface area contributed by atoms with Crippen LogP contribution in [0.25, 0.3) is 0 Å². The molecule has 6 heteroatoms. The molecule has 0 aromatic carbocycles. The first-order chi connectivity index (χ1) is 8.64. The Morgan fingerprint density at radius 2 is 1.89 bits per heavy atom. The molecule has 1 heterocycles. The monoisotopic (exact) mass is 269 g/mol. The van der Waals surface area contributed by atoms with Crippen LogP contribution in [0.5, 0.6) is 0 Å². The van der Waals surface area contributed by atoms with Crippen molar-refractivity contribution >= 4 is 17.7 Å². The van der Waals surface area contributed by atoms with E-state index in [0.717, 1.165) is 0 Å². The third-order valence-corrected chi connectivity index (χ3v) is 3.36. The second-order valence-corrected chi connectivity index (χ2v) is 6.08. The van der Waals surface area contributed by atoms with E-state index in [9.17, 15) is 14.4 Å². The predicted molar refractivity (Wildman–Crippen MR) is 71.0 cm³/mol. The van der Waals surface area contributed by atoms with Gasteiger partial charge in [0.2, 0.25) is 17.7 Å². The maximum atomic E-state index is 12.2. The van der Waals surface area contributed by atoms with Crippen LogP contribution in [0.2, 0.25) is 0 Å². The lowest BCUT2D eigenvalue weighted by molar-refractivity contribution is -0.145. The van der Waals surface area contributed by atoms with Crippen molar-refractivity contribution in [2.45, 2.75) is 52.1 Å². The van der Waals surface area contributed by atoms with Gasteiger partial charge in [-0.05, 0) is 19.3 Å². The van der Waals surface area contributed by atoms with E-state index in [4.69, 9.17) is 5.73 Å². The summed E-state index contributed by atoms with van der Waals surface area (Å²) in [7, 11) is 1.63. The minimum absolute atomic E-state index is 0.0924. The van der Waals surface area contributed by atoms with Crippen molar-refractivity contribution in [1.82, 2.24) is 10.2 Å². The minimum Gasteiger partial charge on any atom is -0.368 e. The highest BCUT2D eigenvalue weighted by molar-refractivity contribution is 5.92. The van der Waals surface area contributed by atoms with Crippen molar-refractivity contribution in [3.8, 4) is 0 Å². The molecule has 0 spiro atoms. The first kappa shape index (κ1) is 15.5. The molecule has 3 N–H and O–H groups in total. The highest BCUT2D eigenvalue weighted by Gasteiger charge is 2.35. The van der Waals surface area contributed by atoms with Crippen molar-refractivity contribution in [2.75, 3.05) is 7.05 Å². The summed E-state index contributed by atoms with van der Waals surface area (Å²) in [6.45, 7) is 5.44. The zero-order valence-electron chi connectivity index (χ0n) is 12.0. The number of nitrogens with two attached hydrogens (primary N) is 1. The number of hydrogen-bond donors (Lipinski definition) is 2. The van der Waals surface area contributed by atoms with Crippen molar-refractivity contribution < 1.29 is 14.4 Å². The van der Waals surface area contributed by atoms with Gasteiger partial charge in [-0.3, -0.25) is 14.4 Å². The molecule has 0 aromatic heterocycles. The van der Waals surface area contributed by atoms with Crippen LogP contribution in [0.3, 0.4) is 0 Å². The highest BCUT2D eigenvalue weighted by Crippen LogP contribution is 2.21. The number of carbonyl (C=O) groups excluding carboxylic acids is 3. The molecule has 1 aliphatic rings. The van der Waals surface area contributed by atoms with Crippen LogP contribution >= 0.6 is 0 Å². The van der Waals surface area contributed by atoms with E-state index in [1.54, 1.807) is 7.05 Å². The van der Waals surface area contributed by atoms with E-state index in [1.807, 2.05) is 20.8 Å². The summed E-state index contributed by atoms with van der Waals surface area (Å²) in [5.41, 5.74) is 4.68. The molecule has 3 amide bonds. The number of hydrogen-bond acceptors (Lipinski definition) is 3. The Hall–Kier alpha value is -1.59. The fourth-order valence-electron chi connectivity index (χ4n) is 2.24. The average molecular weight is 269 g/mol. The minimum atomic E-state index is -0.629. The number of primary amides is 1. The van der Waals surface area contributed by atoms with Crippen molar-refractivity contribution in [3.63, 3.8) is 0 Å². The molecule has 0 saturated carbocycles. The molecule has 6 nitrogen and oxygen atoms in total. The van der Waals surface area contributed by atoms with Gasteiger partial charge in [-0.15, -0.1) is 0 Å². The molecule has 1 rings (SSSR count). The molecule has 0 bridgehead atoms. The Labute approximate surface area is 113 Å². The SMILES string of the molecule is CN(C(=O)C(C)(C)C)[C@H]1CCC[C@H](C(N)=O)NC1=O. The maximum absolute atomic E-state index is 12.2. The van der Waals surface area contributed by atoms with Gasteiger partial charge in [-0.2, -0.15) is 0 Å². The van der Waals surface area contributed by atoms with Gasteiger partial charge in [0.1, 0.15) is 12.1 Å². The van der Waals surface area contributed by atoms with Crippen LogP contribution < -0.4 is 11.1 Å². The van der Waals surface area contributed by atoms with Crippen molar-refractivity contribution in [1.29, 1.82) is 0 Å². The van der Waals surface area contributed by atoms with Gasteiger partial charge in [0.25, 0.3) is 0 Å². The van der Waals surface area contributed by atoms with Crippen LogP contribution in [-0.4, -0.2) is 41.8 Å². The molecule has 0 unspecified atom stereocenters. The second-order valence-electron chi connectivity index (χ2n) is 6.08. The Morgan fingerprint density at radius 1 is 1.32 bits per heavy atom. The zero-order chi connectivity index (χ0) is 14.8. The summed E-state index contributed by atoms with van der Waals surface area (Å²) in [6, 6.07) is -1.16. The standard InChI is InChI=1S/C13H23N3O3/c1-13(2,3)12(19)16(4)9-7-5-6-8(10(14)17)15-11(9)18/h8-9H,5-7H2,1-4H3,(H2,14,17)(H,15,18)/t8-,9+/m1/s1. The molecular formula is C13H23N3O3. The highest BCUT2D eigenvalue weighted by atomic mass is 16.2. The van der Waals surface area contributed by atoms with Gasteiger partial charge in [0.05, 0.1) is 0 Å². The summed E-state index contributed by atoms with van der Waals surface area (Å²) in [5.74, 6) is -0.926. The van der Waals surface area contributed by atoms with Crippen molar-refractivity contribution in [2.24, 2.45) is 11.1 Å². The molecule has 108 valence electrons. The van der Waals surface area contributed by atoms with Crippen LogP contribution in [0.15, 0.2) is 0 Å². The lowest BCUT2D eigenvalue weighted by atomic mass is 9.93. The topological polar surface area (TPSA) is 92.5 Å². The lowest BCUT2D eigenvalue weighted by Gasteiger charge is -2.31. The summed E-state index contributed by atoms with van der Waals surface area (Å²) in [5, 5.41) is 2.61. The van der Waals surface area contributed by atoms with Crippen LogP contribution in [0, 0.1) is 5.41 Å². The van der Waals surface area contributed by atoms with Crippen LogP contribution in [-0.2, 0) is 14.4 Å². The molecule has 1 saturated heterocycles. The summed E-state index contributed by atoms with van der Waals surface area (Å²) >= 11 is 0. The Morgan fingerprint density at radius 3 is 2.37 bits per heavy atom. The Bertz CT molecular complexity index is 387. The predicted octanol–water partition coefficient (Wildman–Crippen LogP) is 0.0135. The second kappa shape index (κ2) is 5.59. The largest absolute Gasteiger partial charge is 0.368 e. The molecule has 0 aliphatic carbocycles. The molecule has 1 aliphatic heterocycles. The third-order valence-electron chi connectivity index (χ3n) is 3.36. The van der Waals surface area contributed by atoms with E-state index in [0.29, 0.717) is 19.3 Å². The lowest BCUT2D eigenvalue weighted by Crippen LogP contribution is -2.53. The zero-order valence-corrected chi connectivity index (χ0v) is 12.0. The number of likely N-dealkylation sites (N-methyl/N-ethyl adjacent to an activating group) is 1. The van der Waals surface area contributed by atoms with Gasteiger partial charge in [0, 0.05) is 12.5 Å². The third kappa shape index (κ3) is 3.68. The molecule has 2 atom stereocenters. The molecule has 0 aromatic rings. The quantitative estimate of drug-likeness (QED) is 0.739. The molecular weight excluding hydrogens is 246 g/mol. The van der Waals surface area contributed by atoms with E-state index in [2.05, 4.69) is 5.32 Å². The molecule has 0 radical (unpaired) electrons. The number of carbonyl (C=O) groups is 3. The van der Waals surface area contributed by atoms with Gasteiger partial charge in [-0.25, -0.2) is 0 Å². The summed E-state index contributed by atoms with van der Waals surface area (Å²) in [6.07, 6.45) is 1.75. The molecule has 19 heavy (non-hydrogen) atoms. The fourth-order valence-corrected chi connectivity index (χ4v) is 2.24. The van der Waals surface area contributed by atoms with Gasteiger partial charge in [0.15, 0.2) is 0 Å². The Balaban J connectivity index is 2.81. The van der Waals surface area contributed by atoms with E-state index in [1.165, 1.54) is 4.90 Å². The number of nitrogens with zero attached hydrogens (tertiary/aromatic N) is 1. The summed E-state index contributed by atoms with van der Waals surface area (Å²) in [4.78, 5) is 36.9. The molecule has 1 fully saturated rings. The number of rotatable bonds is 2. The normalized spacial score (nSPS) is 24.3. The summed E-state index contributed by atoms with van der Waals surface area (Å²) < 4.78 is 0. The van der Waals surface area contributed by atoms with Gasteiger partial charge in [-0.1, -0.05) is 20.8 Å². The Kier molecular flexibility index (Phi) is 4.55. The van der Waals surface area contributed by atoms with Crippen LogP contribution in [0.1, 0.15) is 40.0 Å².